The molecule has 0 unspecified atom stereocenters. The minimum absolute atomic E-state index is 0.224. The van der Waals surface area contributed by atoms with Crippen molar-refractivity contribution in [3.63, 3.8) is 0 Å². The highest BCUT2D eigenvalue weighted by Gasteiger charge is 2.21. The van der Waals surface area contributed by atoms with Crippen molar-refractivity contribution in [3.05, 3.63) is 47.9 Å². The maximum Gasteiger partial charge on any atom is 0.148 e. The quantitative estimate of drug-likeness (QED) is 0.902. The fourth-order valence-electron chi connectivity index (χ4n) is 2.06. The predicted molar refractivity (Wildman–Crippen MR) is 83.5 cm³/mol. The Balaban J connectivity index is 2.31. The summed E-state index contributed by atoms with van der Waals surface area (Å²) in [5.41, 5.74) is 3.26. The number of nitrogens with zero attached hydrogens (tertiary/aromatic N) is 2. The van der Waals surface area contributed by atoms with E-state index in [9.17, 15) is 0 Å². The van der Waals surface area contributed by atoms with Gasteiger partial charge in [-0.1, -0.05) is 37.6 Å². The SMILES string of the molecule is CCCc1ccc(-c2ccnc(C(C)(C)NC)n2)cc1. The zero-order chi connectivity index (χ0) is 14.6. The first-order chi connectivity index (χ1) is 9.56. The molecule has 1 aromatic carbocycles. The van der Waals surface area contributed by atoms with Gasteiger partial charge in [-0.05, 0) is 38.9 Å². The Bertz CT molecular complexity index is 559. The van der Waals surface area contributed by atoms with Crippen LogP contribution in [0.15, 0.2) is 36.5 Å². The lowest BCUT2D eigenvalue weighted by Crippen LogP contribution is -2.35. The molecule has 0 radical (unpaired) electrons. The van der Waals surface area contributed by atoms with Crippen molar-refractivity contribution in [3.8, 4) is 11.3 Å². The van der Waals surface area contributed by atoms with E-state index < -0.39 is 0 Å². The third-order valence-electron chi connectivity index (χ3n) is 3.63. The molecule has 0 atom stereocenters. The highest BCUT2D eigenvalue weighted by atomic mass is 15.0. The van der Waals surface area contributed by atoms with Crippen LogP contribution in [0.2, 0.25) is 0 Å². The number of hydrogen-bond donors (Lipinski definition) is 1. The Morgan fingerprint density at radius 2 is 1.80 bits per heavy atom. The summed E-state index contributed by atoms with van der Waals surface area (Å²) in [6.45, 7) is 6.36. The summed E-state index contributed by atoms with van der Waals surface area (Å²) in [5, 5.41) is 3.24. The van der Waals surface area contributed by atoms with Crippen LogP contribution in [0.4, 0.5) is 0 Å². The summed E-state index contributed by atoms with van der Waals surface area (Å²) in [6.07, 6.45) is 4.13. The molecule has 2 aromatic rings. The number of rotatable bonds is 5. The van der Waals surface area contributed by atoms with Gasteiger partial charge in [-0.2, -0.15) is 0 Å². The zero-order valence-corrected chi connectivity index (χ0v) is 12.8. The summed E-state index contributed by atoms with van der Waals surface area (Å²) >= 11 is 0. The second-order valence-electron chi connectivity index (χ2n) is 5.59. The lowest BCUT2D eigenvalue weighted by atomic mass is 10.0. The molecule has 106 valence electrons. The van der Waals surface area contributed by atoms with Crippen molar-refractivity contribution in [1.29, 1.82) is 0 Å². The van der Waals surface area contributed by atoms with E-state index in [1.165, 1.54) is 12.0 Å². The van der Waals surface area contributed by atoms with E-state index in [4.69, 9.17) is 0 Å². The van der Waals surface area contributed by atoms with Gasteiger partial charge in [-0.3, -0.25) is 0 Å². The third-order valence-corrected chi connectivity index (χ3v) is 3.63. The average Bonchev–Trinajstić information content (AvgIpc) is 2.48. The van der Waals surface area contributed by atoms with E-state index in [0.717, 1.165) is 23.5 Å². The van der Waals surface area contributed by atoms with Crippen LogP contribution in [0.5, 0.6) is 0 Å². The summed E-state index contributed by atoms with van der Waals surface area (Å²) in [6, 6.07) is 10.6. The van der Waals surface area contributed by atoms with E-state index in [2.05, 4.69) is 60.3 Å². The van der Waals surface area contributed by atoms with E-state index in [0.29, 0.717) is 0 Å². The second-order valence-corrected chi connectivity index (χ2v) is 5.59. The first-order valence-corrected chi connectivity index (χ1v) is 7.18. The number of aryl methyl sites for hydroxylation is 1. The Labute approximate surface area is 121 Å². The van der Waals surface area contributed by atoms with Gasteiger partial charge in [0.25, 0.3) is 0 Å². The van der Waals surface area contributed by atoms with Gasteiger partial charge in [0.1, 0.15) is 5.82 Å². The van der Waals surface area contributed by atoms with Crippen molar-refractivity contribution in [2.75, 3.05) is 7.05 Å². The largest absolute Gasteiger partial charge is 0.308 e. The molecular formula is C17H23N3. The van der Waals surface area contributed by atoms with Crippen LogP contribution in [0.25, 0.3) is 11.3 Å². The molecule has 1 aromatic heterocycles. The molecule has 3 nitrogen and oxygen atoms in total. The Kier molecular flexibility index (Phi) is 4.50. The average molecular weight is 269 g/mol. The third kappa shape index (κ3) is 3.23. The Morgan fingerprint density at radius 1 is 1.10 bits per heavy atom. The van der Waals surface area contributed by atoms with Crippen LogP contribution in [-0.2, 0) is 12.0 Å². The van der Waals surface area contributed by atoms with Gasteiger partial charge in [-0.25, -0.2) is 9.97 Å². The van der Waals surface area contributed by atoms with Gasteiger partial charge in [0.2, 0.25) is 0 Å². The molecule has 0 aliphatic carbocycles. The van der Waals surface area contributed by atoms with Gasteiger partial charge in [0, 0.05) is 11.8 Å². The zero-order valence-electron chi connectivity index (χ0n) is 12.8. The van der Waals surface area contributed by atoms with Crippen molar-refractivity contribution >= 4 is 0 Å². The van der Waals surface area contributed by atoms with Gasteiger partial charge in [-0.15, -0.1) is 0 Å². The van der Waals surface area contributed by atoms with Crippen molar-refractivity contribution < 1.29 is 0 Å². The molecule has 0 aliphatic heterocycles. The molecule has 3 heteroatoms. The molecule has 0 amide bonds. The highest BCUT2D eigenvalue weighted by molar-refractivity contribution is 5.59. The van der Waals surface area contributed by atoms with Crippen LogP contribution < -0.4 is 5.32 Å². The number of benzene rings is 1. The van der Waals surface area contributed by atoms with Crippen molar-refractivity contribution in [2.24, 2.45) is 0 Å². The van der Waals surface area contributed by atoms with Crippen LogP contribution in [0, 0.1) is 0 Å². The first-order valence-electron chi connectivity index (χ1n) is 7.18. The van der Waals surface area contributed by atoms with E-state index >= 15 is 0 Å². The molecule has 0 aliphatic rings. The van der Waals surface area contributed by atoms with Gasteiger partial charge in [0.05, 0.1) is 11.2 Å². The van der Waals surface area contributed by atoms with E-state index in [1.54, 1.807) is 0 Å². The molecule has 20 heavy (non-hydrogen) atoms. The fraction of sp³-hybridized carbons (Fsp3) is 0.412. The van der Waals surface area contributed by atoms with Crippen molar-refractivity contribution in [2.45, 2.75) is 39.2 Å². The van der Waals surface area contributed by atoms with E-state index in [-0.39, 0.29) is 5.54 Å². The highest BCUT2D eigenvalue weighted by Crippen LogP contribution is 2.21. The smallest absolute Gasteiger partial charge is 0.148 e. The summed E-state index contributed by atoms with van der Waals surface area (Å²) < 4.78 is 0. The molecule has 1 heterocycles. The predicted octanol–water partition coefficient (Wildman–Crippen LogP) is 3.55. The lowest BCUT2D eigenvalue weighted by Gasteiger charge is -2.22. The van der Waals surface area contributed by atoms with Crippen LogP contribution in [-0.4, -0.2) is 17.0 Å². The Hall–Kier alpha value is -1.74. The fourth-order valence-corrected chi connectivity index (χ4v) is 2.06. The Morgan fingerprint density at radius 3 is 2.40 bits per heavy atom. The number of nitrogens with one attached hydrogen (secondary N) is 1. The molecule has 1 N–H and O–H groups in total. The number of hydrogen-bond acceptors (Lipinski definition) is 3. The minimum Gasteiger partial charge on any atom is -0.308 e. The maximum atomic E-state index is 4.69. The maximum absolute atomic E-state index is 4.69. The van der Waals surface area contributed by atoms with Crippen molar-refractivity contribution in [1.82, 2.24) is 15.3 Å². The lowest BCUT2D eigenvalue weighted by molar-refractivity contribution is 0.417. The van der Waals surface area contributed by atoms with Gasteiger partial charge < -0.3 is 5.32 Å². The monoisotopic (exact) mass is 269 g/mol. The normalized spacial score (nSPS) is 11.6. The first kappa shape index (κ1) is 14.7. The number of aromatic nitrogens is 2. The molecule has 0 saturated heterocycles. The van der Waals surface area contributed by atoms with E-state index in [1.807, 2.05) is 19.3 Å². The summed E-state index contributed by atoms with van der Waals surface area (Å²) in [7, 11) is 1.93. The summed E-state index contributed by atoms with van der Waals surface area (Å²) in [5.74, 6) is 0.815. The topological polar surface area (TPSA) is 37.8 Å². The van der Waals surface area contributed by atoms with Gasteiger partial charge >= 0.3 is 0 Å². The van der Waals surface area contributed by atoms with Crippen LogP contribution in [0.3, 0.4) is 0 Å². The van der Waals surface area contributed by atoms with Crippen LogP contribution in [0.1, 0.15) is 38.6 Å². The summed E-state index contributed by atoms with van der Waals surface area (Å²) in [4.78, 5) is 9.07. The minimum atomic E-state index is -0.224. The molecule has 0 bridgehead atoms. The van der Waals surface area contributed by atoms with Crippen LogP contribution >= 0.6 is 0 Å². The molecule has 0 fully saturated rings. The standard InChI is InChI=1S/C17H23N3/c1-5-6-13-7-9-14(10-8-13)15-11-12-19-16(20-15)17(2,3)18-4/h7-12,18H,5-6H2,1-4H3. The molecular weight excluding hydrogens is 246 g/mol. The molecule has 0 spiro atoms. The second kappa shape index (κ2) is 6.14. The molecule has 0 saturated carbocycles. The molecule has 2 rings (SSSR count). The van der Waals surface area contributed by atoms with Gasteiger partial charge in [0.15, 0.2) is 0 Å².